The highest BCUT2D eigenvalue weighted by Gasteiger charge is 2.36. The number of benzene rings is 2. The van der Waals surface area contributed by atoms with Crippen molar-refractivity contribution in [3.8, 4) is 11.5 Å². The zero-order chi connectivity index (χ0) is 23.0. The Morgan fingerprint density at radius 3 is 2.44 bits per heavy atom. The Morgan fingerprint density at radius 1 is 1.06 bits per heavy atom. The molecule has 0 aromatic heterocycles. The minimum Gasteiger partial charge on any atom is -0.493 e. The average Bonchev–Trinajstić information content (AvgIpc) is 2.83. The number of aliphatic hydroxyl groups is 1. The number of nitrogens with one attached hydrogen (secondary N) is 1. The van der Waals surface area contributed by atoms with E-state index in [1.165, 1.54) is 20.3 Å². The highest BCUT2D eigenvalue weighted by Crippen LogP contribution is 2.28. The van der Waals surface area contributed by atoms with Gasteiger partial charge in [0.1, 0.15) is 12.7 Å². The molecule has 2 aromatic rings. The van der Waals surface area contributed by atoms with E-state index in [0.29, 0.717) is 22.8 Å². The van der Waals surface area contributed by atoms with Crippen molar-refractivity contribution in [1.82, 2.24) is 0 Å². The van der Waals surface area contributed by atoms with Gasteiger partial charge in [0.2, 0.25) is 11.7 Å². The van der Waals surface area contributed by atoms with Crippen LogP contribution in [0.5, 0.6) is 11.5 Å². The first kappa shape index (κ1) is 23.3. The summed E-state index contributed by atoms with van der Waals surface area (Å²) in [4.78, 5) is 12.5. The number of carbonyl (C=O) groups excluding carboxylic acids is 1. The molecule has 0 bridgehead atoms. The van der Waals surface area contributed by atoms with E-state index >= 15 is 0 Å². The predicted molar refractivity (Wildman–Crippen MR) is 122 cm³/mol. The molecule has 32 heavy (non-hydrogen) atoms. The summed E-state index contributed by atoms with van der Waals surface area (Å²) >= 11 is 0. The number of allylic oxidation sites excluding steroid dienone is 3. The Bertz CT molecular complexity index is 1020. The van der Waals surface area contributed by atoms with Crippen LogP contribution >= 0.6 is 0 Å². The van der Waals surface area contributed by atoms with Crippen molar-refractivity contribution in [3.05, 3.63) is 90.0 Å². The number of ether oxygens (including phenoxy) is 4. The van der Waals surface area contributed by atoms with E-state index in [-0.39, 0.29) is 12.5 Å². The Hall–Kier alpha value is -3.39. The summed E-state index contributed by atoms with van der Waals surface area (Å²) < 4.78 is 21.7. The first-order chi connectivity index (χ1) is 15.5. The largest absolute Gasteiger partial charge is 0.493 e. The fraction of sp³-hybridized carbons (Fsp3) is 0.240. The van der Waals surface area contributed by atoms with Crippen LogP contribution in [0.15, 0.2) is 84.5 Å². The maximum absolute atomic E-state index is 12.5. The lowest BCUT2D eigenvalue weighted by atomic mass is 9.98. The second-order valence-corrected chi connectivity index (χ2v) is 6.99. The summed E-state index contributed by atoms with van der Waals surface area (Å²) in [7, 11) is 4.49. The van der Waals surface area contributed by atoms with Crippen LogP contribution in [0.3, 0.4) is 0 Å². The SMILES string of the molecule is COc1ccccc1OCc1ccccc1NC(=O)C=CC1=CC(O)C(OC)(OC)C=C1. The molecule has 0 spiro atoms. The lowest BCUT2D eigenvalue weighted by Crippen LogP contribution is -2.44. The van der Waals surface area contributed by atoms with Gasteiger partial charge < -0.3 is 29.4 Å². The van der Waals surface area contributed by atoms with E-state index in [1.54, 1.807) is 31.4 Å². The third kappa shape index (κ3) is 5.45. The highest BCUT2D eigenvalue weighted by atomic mass is 16.7. The smallest absolute Gasteiger partial charge is 0.248 e. The van der Waals surface area contributed by atoms with E-state index in [2.05, 4.69) is 5.32 Å². The number of anilines is 1. The molecule has 0 saturated carbocycles. The van der Waals surface area contributed by atoms with Crippen LogP contribution < -0.4 is 14.8 Å². The molecule has 2 N–H and O–H groups in total. The fourth-order valence-electron chi connectivity index (χ4n) is 3.24. The maximum atomic E-state index is 12.5. The monoisotopic (exact) mass is 437 g/mol. The van der Waals surface area contributed by atoms with Gasteiger partial charge in [-0.05, 0) is 42.0 Å². The molecule has 0 saturated heterocycles. The minimum atomic E-state index is -1.22. The van der Waals surface area contributed by atoms with Gasteiger partial charge in [-0.15, -0.1) is 0 Å². The number of aliphatic hydroxyl groups excluding tert-OH is 1. The van der Waals surface area contributed by atoms with Crippen LogP contribution in [0, 0.1) is 0 Å². The van der Waals surface area contributed by atoms with E-state index in [1.807, 2.05) is 48.5 Å². The Kier molecular flexibility index (Phi) is 7.83. The third-order valence-electron chi connectivity index (χ3n) is 5.06. The van der Waals surface area contributed by atoms with Crippen LogP contribution in [0.1, 0.15) is 5.56 Å². The summed E-state index contributed by atoms with van der Waals surface area (Å²) in [6.07, 6.45) is 6.90. The quantitative estimate of drug-likeness (QED) is 0.460. The first-order valence-electron chi connectivity index (χ1n) is 10.0. The van der Waals surface area contributed by atoms with E-state index < -0.39 is 11.9 Å². The van der Waals surface area contributed by atoms with Crippen LogP contribution in [-0.2, 0) is 20.9 Å². The summed E-state index contributed by atoms with van der Waals surface area (Å²) in [5.74, 6) is -0.276. The molecule has 1 atom stereocenters. The van der Waals surface area contributed by atoms with E-state index in [0.717, 1.165) is 5.56 Å². The van der Waals surface area contributed by atoms with Crippen molar-refractivity contribution in [1.29, 1.82) is 0 Å². The van der Waals surface area contributed by atoms with Crippen LogP contribution in [0.2, 0.25) is 0 Å². The van der Waals surface area contributed by atoms with Gasteiger partial charge in [-0.25, -0.2) is 0 Å². The predicted octanol–water partition coefficient (Wildman–Crippen LogP) is 3.62. The maximum Gasteiger partial charge on any atom is 0.248 e. The number of para-hydroxylation sites is 3. The summed E-state index contributed by atoms with van der Waals surface area (Å²) in [6.45, 7) is 0.261. The molecular weight excluding hydrogens is 410 g/mol. The Morgan fingerprint density at radius 2 is 1.75 bits per heavy atom. The molecule has 2 aromatic carbocycles. The van der Waals surface area contributed by atoms with E-state index in [4.69, 9.17) is 18.9 Å². The summed E-state index contributed by atoms with van der Waals surface area (Å²) in [6, 6.07) is 14.8. The van der Waals surface area contributed by atoms with Gasteiger partial charge in [-0.1, -0.05) is 36.4 Å². The van der Waals surface area contributed by atoms with Crippen LogP contribution in [0.25, 0.3) is 0 Å². The lowest BCUT2D eigenvalue weighted by molar-refractivity contribution is -0.214. The molecule has 0 aliphatic heterocycles. The van der Waals surface area contributed by atoms with E-state index in [9.17, 15) is 9.90 Å². The van der Waals surface area contributed by atoms with Gasteiger partial charge in [0.25, 0.3) is 0 Å². The molecule has 0 radical (unpaired) electrons. The standard InChI is InChI=1S/C25H27NO6/c1-29-21-10-6-7-11-22(21)32-17-19-8-4-5-9-20(19)26-24(28)13-12-18-14-15-25(30-2,31-3)23(27)16-18/h4-16,23,27H,17H2,1-3H3,(H,26,28). The highest BCUT2D eigenvalue weighted by molar-refractivity contribution is 6.00. The van der Waals surface area contributed by atoms with Crippen LogP contribution in [0.4, 0.5) is 5.69 Å². The van der Waals surface area contributed by atoms with Gasteiger partial charge in [0, 0.05) is 31.5 Å². The van der Waals surface area contributed by atoms with Gasteiger partial charge in [-0.2, -0.15) is 0 Å². The molecule has 1 unspecified atom stereocenters. The van der Waals surface area contributed by atoms with Gasteiger partial charge in [-0.3, -0.25) is 4.79 Å². The van der Waals surface area contributed by atoms with Crippen molar-refractivity contribution < 1.29 is 28.8 Å². The van der Waals surface area contributed by atoms with Crippen molar-refractivity contribution in [2.45, 2.75) is 18.5 Å². The number of methoxy groups -OCH3 is 3. The fourth-order valence-corrected chi connectivity index (χ4v) is 3.24. The molecule has 0 fully saturated rings. The van der Waals surface area contributed by atoms with Crippen molar-refractivity contribution in [2.75, 3.05) is 26.6 Å². The Labute approximate surface area is 187 Å². The zero-order valence-electron chi connectivity index (χ0n) is 18.3. The van der Waals surface area contributed by atoms with Crippen LogP contribution in [-0.4, -0.2) is 44.2 Å². The molecule has 7 nitrogen and oxygen atoms in total. The number of carbonyl (C=O) groups is 1. The van der Waals surface area contributed by atoms with Gasteiger partial charge in [0.15, 0.2) is 11.5 Å². The molecule has 7 heteroatoms. The molecular formula is C25H27NO6. The number of hydrogen-bond acceptors (Lipinski definition) is 6. The number of hydrogen-bond donors (Lipinski definition) is 2. The average molecular weight is 437 g/mol. The Balaban J connectivity index is 1.64. The van der Waals surface area contributed by atoms with Crippen molar-refractivity contribution in [3.63, 3.8) is 0 Å². The first-order valence-corrected chi connectivity index (χ1v) is 10.0. The lowest BCUT2D eigenvalue weighted by Gasteiger charge is -2.33. The molecule has 3 rings (SSSR count). The zero-order valence-corrected chi connectivity index (χ0v) is 18.3. The van der Waals surface area contributed by atoms with Gasteiger partial charge in [0.05, 0.1) is 7.11 Å². The second kappa shape index (κ2) is 10.8. The topological polar surface area (TPSA) is 86.3 Å². The summed E-state index contributed by atoms with van der Waals surface area (Å²) in [5.41, 5.74) is 2.12. The van der Waals surface area contributed by atoms with Gasteiger partial charge >= 0.3 is 0 Å². The number of amides is 1. The minimum absolute atomic E-state index is 0.261. The normalized spacial score (nSPS) is 17.1. The van der Waals surface area contributed by atoms with Crippen molar-refractivity contribution in [2.24, 2.45) is 0 Å². The molecule has 1 amide bonds. The molecule has 1 aliphatic rings. The number of rotatable bonds is 9. The summed E-state index contributed by atoms with van der Waals surface area (Å²) in [5, 5.41) is 13.1. The van der Waals surface area contributed by atoms with Crippen molar-refractivity contribution >= 4 is 11.6 Å². The molecule has 1 aliphatic carbocycles. The molecule has 168 valence electrons. The molecule has 0 heterocycles. The third-order valence-corrected chi connectivity index (χ3v) is 5.06. The second-order valence-electron chi connectivity index (χ2n) is 6.99.